The number of alkyl halides is 5. The van der Waals surface area contributed by atoms with E-state index in [0.717, 1.165) is 0 Å². The molecule has 4 atom stereocenters. The molecule has 1 N–H and O–H groups in total. The molecule has 0 aliphatic heterocycles. The largest absolute Gasteiger partial charge is 0.462 e. The number of esters is 1. The van der Waals surface area contributed by atoms with E-state index in [1.165, 1.54) is 6.92 Å². The van der Waals surface area contributed by atoms with E-state index in [1.54, 1.807) is 0 Å². The van der Waals surface area contributed by atoms with Crippen LogP contribution in [0.3, 0.4) is 0 Å². The highest BCUT2D eigenvalue weighted by Gasteiger charge is 2.82. The van der Waals surface area contributed by atoms with Gasteiger partial charge in [0.25, 0.3) is 5.92 Å². The number of carbonyl (C=O) groups is 1. The van der Waals surface area contributed by atoms with Gasteiger partial charge in [-0.25, -0.2) is 13.6 Å². The Balaban J connectivity index is 2.18. The molecule has 4 unspecified atom stereocenters. The fraction of sp³-hybridized carbons (Fsp3) is 0.769. The molecule has 2 bridgehead atoms. The molecule has 0 radical (unpaired) electrons. The minimum absolute atomic E-state index is 0.0644. The highest BCUT2D eigenvalue weighted by atomic mass is 19.4. The summed E-state index contributed by atoms with van der Waals surface area (Å²) in [6, 6.07) is 0. The summed E-state index contributed by atoms with van der Waals surface area (Å²) in [4.78, 5) is 11.2. The zero-order valence-electron chi connectivity index (χ0n) is 11.2. The van der Waals surface area contributed by atoms with Crippen molar-refractivity contribution in [3.05, 3.63) is 12.2 Å². The second-order valence-electron chi connectivity index (χ2n) is 5.80. The molecule has 2 saturated carbocycles. The summed E-state index contributed by atoms with van der Waals surface area (Å²) in [7, 11) is 0. The van der Waals surface area contributed by atoms with E-state index in [-0.39, 0.29) is 12.0 Å². The van der Waals surface area contributed by atoms with Crippen LogP contribution >= 0.6 is 0 Å². The van der Waals surface area contributed by atoms with Crippen molar-refractivity contribution in [1.29, 1.82) is 0 Å². The normalized spacial score (nSPS) is 37.6. The van der Waals surface area contributed by atoms with Gasteiger partial charge >= 0.3 is 12.1 Å². The quantitative estimate of drug-likeness (QED) is 0.495. The zero-order valence-corrected chi connectivity index (χ0v) is 11.2. The highest BCUT2D eigenvalue weighted by Crippen LogP contribution is 2.66. The van der Waals surface area contributed by atoms with Gasteiger partial charge in [0, 0.05) is 17.4 Å². The maximum absolute atomic E-state index is 13.8. The van der Waals surface area contributed by atoms with Gasteiger partial charge in [-0.3, -0.25) is 0 Å². The lowest BCUT2D eigenvalue weighted by molar-refractivity contribution is -0.353. The van der Waals surface area contributed by atoms with Crippen LogP contribution in [0.15, 0.2) is 12.2 Å². The molecule has 8 heteroatoms. The molecule has 0 aromatic heterocycles. The Morgan fingerprint density at radius 3 is 2.38 bits per heavy atom. The van der Waals surface area contributed by atoms with Crippen molar-refractivity contribution in [2.45, 2.75) is 37.5 Å². The molecule has 2 rings (SSSR count). The number of hydrogen-bond acceptors (Lipinski definition) is 3. The third-order valence-corrected chi connectivity index (χ3v) is 4.46. The van der Waals surface area contributed by atoms with E-state index in [1.807, 2.05) is 0 Å². The van der Waals surface area contributed by atoms with Crippen molar-refractivity contribution in [1.82, 2.24) is 0 Å². The van der Waals surface area contributed by atoms with Crippen LogP contribution in [0.2, 0.25) is 0 Å². The predicted molar refractivity (Wildman–Crippen MR) is 61.4 cm³/mol. The van der Waals surface area contributed by atoms with Crippen LogP contribution in [0.25, 0.3) is 0 Å². The third-order valence-electron chi connectivity index (χ3n) is 4.46. The van der Waals surface area contributed by atoms with Gasteiger partial charge in [0.05, 0.1) is 6.61 Å². The molecule has 120 valence electrons. The van der Waals surface area contributed by atoms with Crippen LogP contribution in [-0.4, -0.2) is 35.4 Å². The Bertz CT molecular complexity index is 473. The van der Waals surface area contributed by atoms with Gasteiger partial charge < -0.3 is 9.84 Å². The third kappa shape index (κ3) is 2.15. The number of fused-ring (bicyclic) bond motifs is 2. The van der Waals surface area contributed by atoms with Gasteiger partial charge in [-0.1, -0.05) is 6.58 Å². The molecule has 0 aromatic carbocycles. The van der Waals surface area contributed by atoms with Crippen LogP contribution in [0.1, 0.15) is 19.8 Å². The summed E-state index contributed by atoms with van der Waals surface area (Å²) in [5, 5.41) is 9.66. The minimum Gasteiger partial charge on any atom is -0.462 e. The minimum atomic E-state index is -5.44. The van der Waals surface area contributed by atoms with Crippen molar-refractivity contribution in [3.8, 4) is 0 Å². The smallest absolute Gasteiger partial charge is 0.423 e. The molecule has 2 aliphatic carbocycles. The average Bonchev–Trinajstić information content (AvgIpc) is 2.84. The first kappa shape index (κ1) is 16.2. The second kappa shape index (κ2) is 4.66. The zero-order chi connectivity index (χ0) is 16.2. The molecule has 0 amide bonds. The molecule has 21 heavy (non-hydrogen) atoms. The Morgan fingerprint density at radius 2 is 1.95 bits per heavy atom. The monoisotopic (exact) mass is 314 g/mol. The molecule has 0 spiro atoms. The molecule has 0 aromatic rings. The first-order valence-corrected chi connectivity index (χ1v) is 6.42. The Labute approximate surface area is 117 Å². The molecular weight excluding hydrogens is 299 g/mol. The highest BCUT2D eigenvalue weighted by molar-refractivity contribution is 5.86. The standard InChI is InChI=1S/C13H15F5O3/c1-6(2)10(19)21-5-7-3-8-4-9(7)11(20,12(8,14)15)13(16,17)18/h7-9,20H,1,3-5H2,2H3. The number of carbonyl (C=O) groups excluding carboxylic acids is 1. The second-order valence-corrected chi connectivity index (χ2v) is 5.80. The summed E-state index contributed by atoms with van der Waals surface area (Å²) in [5.41, 5.74) is -3.99. The van der Waals surface area contributed by atoms with Gasteiger partial charge in [-0.05, 0) is 25.7 Å². The lowest BCUT2D eigenvalue weighted by Crippen LogP contribution is -2.64. The van der Waals surface area contributed by atoms with E-state index >= 15 is 0 Å². The first-order chi connectivity index (χ1) is 9.43. The van der Waals surface area contributed by atoms with E-state index in [9.17, 15) is 31.9 Å². The number of halogens is 5. The summed E-state index contributed by atoms with van der Waals surface area (Å²) < 4.78 is 71.2. The molecule has 0 saturated heterocycles. The summed E-state index contributed by atoms with van der Waals surface area (Å²) in [6.07, 6.45) is -6.08. The van der Waals surface area contributed by atoms with Crippen LogP contribution < -0.4 is 0 Å². The van der Waals surface area contributed by atoms with Gasteiger partial charge in [0.1, 0.15) is 0 Å². The van der Waals surface area contributed by atoms with Crippen molar-refractivity contribution in [3.63, 3.8) is 0 Å². The lowest BCUT2D eigenvalue weighted by atomic mass is 9.74. The Morgan fingerprint density at radius 1 is 1.38 bits per heavy atom. The average molecular weight is 314 g/mol. The topological polar surface area (TPSA) is 46.5 Å². The van der Waals surface area contributed by atoms with Crippen LogP contribution in [0.5, 0.6) is 0 Å². The fourth-order valence-electron chi connectivity index (χ4n) is 3.38. The van der Waals surface area contributed by atoms with Crippen molar-refractivity contribution >= 4 is 5.97 Å². The first-order valence-electron chi connectivity index (χ1n) is 6.42. The van der Waals surface area contributed by atoms with E-state index in [2.05, 4.69) is 6.58 Å². The van der Waals surface area contributed by atoms with Gasteiger partial charge in [0.2, 0.25) is 5.60 Å². The summed E-state index contributed by atoms with van der Waals surface area (Å²) in [6.45, 7) is 4.25. The molecule has 2 aliphatic rings. The number of ether oxygens (including phenoxy) is 1. The molecular formula is C13H15F5O3. The Kier molecular flexibility index (Phi) is 3.59. The number of hydrogen-bond donors (Lipinski definition) is 1. The summed E-state index contributed by atoms with van der Waals surface area (Å²) in [5.74, 6) is -9.17. The van der Waals surface area contributed by atoms with Crippen LogP contribution in [0, 0.1) is 17.8 Å². The number of rotatable bonds is 3. The maximum atomic E-state index is 13.8. The van der Waals surface area contributed by atoms with Crippen LogP contribution in [0.4, 0.5) is 22.0 Å². The molecule has 2 fully saturated rings. The van der Waals surface area contributed by atoms with Crippen molar-refractivity contribution < 1.29 is 36.6 Å². The maximum Gasteiger partial charge on any atom is 0.423 e. The molecule has 0 heterocycles. The van der Waals surface area contributed by atoms with Gasteiger partial charge in [0.15, 0.2) is 0 Å². The van der Waals surface area contributed by atoms with Gasteiger partial charge in [-0.15, -0.1) is 0 Å². The summed E-state index contributed by atoms with van der Waals surface area (Å²) >= 11 is 0. The van der Waals surface area contributed by atoms with E-state index in [4.69, 9.17) is 4.74 Å². The van der Waals surface area contributed by atoms with E-state index < -0.39 is 54.5 Å². The molecule has 3 nitrogen and oxygen atoms in total. The Hall–Kier alpha value is -1.18. The van der Waals surface area contributed by atoms with Gasteiger partial charge in [-0.2, -0.15) is 13.2 Å². The van der Waals surface area contributed by atoms with Crippen molar-refractivity contribution in [2.75, 3.05) is 6.61 Å². The SMILES string of the molecule is C=C(C)C(=O)OCC1CC2CC1C(O)(C(F)(F)F)C2(F)F. The predicted octanol–water partition coefficient (Wildman–Crippen LogP) is 2.69. The lowest BCUT2D eigenvalue weighted by Gasteiger charge is -2.43. The number of aliphatic hydroxyl groups is 1. The van der Waals surface area contributed by atoms with Crippen LogP contribution in [-0.2, 0) is 9.53 Å². The fourth-order valence-corrected chi connectivity index (χ4v) is 3.38. The van der Waals surface area contributed by atoms with Crippen molar-refractivity contribution in [2.24, 2.45) is 17.8 Å². The van der Waals surface area contributed by atoms with E-state index in [0.29, 0.717) is 0 Å².